The maximum atomic E-state index is 15.7. The molecule has 45 heavy (non-hydrogen) atoms. The van der Waals surface area contributed by atoms with Crippen LogP contribution in [0.4, 0.5) is 25.5 Å². The van der Waals surface area contributed by atoms with Crippen LogP contribution >= 0.6 is 11.6 Å². The summed E-state index contributed by atoms with van der Waals surface area (Å²) in [5, 5.41) is 14.0. The number of fused-ring (bicyclic) bond motifs is 2. The number of ether oxygens (including phenoxy) is 4. The summed E-state index contributed by atoms with van der Waals surface area (Å²) in [6.07, 6.45) is 0.0260. The summed E-state index contributed by atoms with van der Waals surface area (Å²) in [7, 11) is 0. The minimum atomic E-state index is -1.43. The number of carbonyl (C=O) groups excluding carboxylic acids is 2. The first-order valence-corrected chi connectivity index (χ1v) is 14.9. The van der Waals surface area contributed by atoms with E-state index in [9.17, 15) is 14.7 Å². The zero-order valence-corrected chi connectivity index (χ0v) is 27.0. The van der Waals surface area contributed by atoms with E-state index in [1.165, 1.54) is 22.2 Å². The summed E-state index contributed by atoms with van der Waals surface area (Å²) < 4.78 is 38.0. The second kappa shape index (κ2) is 12.1. The van der Waals surface area contributed by atoms with Gasteiger partial charge < -0.3 is 34.3 Å². The van der Waals surface area contributed by atoms with E-state index in [1.807, 2.05) is 0 Å². The largest absolute Gasteiger partial charge is 0.474 e. The Labute approximate surface area is 265 Å². The first-order valence-electron chi connectivity index (χ1n) is 14.5. The molecule has 1 aromatic carbocycles. The van der Waals surface area contributed by atoms with Crippen LogP contribution in [-0.4, -0.2) is 82.1 Å². The molecule has 14 heteroatoms. The van der Waals surface area contributed by atoms with E-state index < -0.39 is 41.7 Å². The molecule has 0 aliphatic carbocycles. The van der Waals surface area contributed by atoms with Crippen molar-refractivity contribution in [3.63, 3.8) is 0 Å². The number of nitrogens with one attached hydrogen (secondary N) is 1. The van der Waals surface area contributed by atoms with Crippen LogP contribution in [-0.2, 0) is 14.2 Å². The molecule has 2 aromatic heterocycles. The molecule has 1 saturated heterocycles. The minimum Gasteiger partial charge on any atom is -0.474 e. The second-order valence-corrected chi connectivity index (χ2v) is 13.3. The van der Waals surface area contributed by atoms with Gasteiger partial charge in [0.25, 0.3) is 0 Å². The molecular weight excluding hydrogens is 609 g/mol. The van der Waals surface area contributed by atoms with Gasteiger partial charge in [0, 0.05) is 28.9 Å². The lowest BCUT2D eigenvalue weighted by molar-refractivity contribution is -0.157. The number of benzene rings is 1. The van der Waals surface area contributed by atoms with Gasteiger partial charge in [-0.15, -0.1) is 0 Å². The van der Waals surface area contributed by atoms with Crippen LogP contribution < -0.4 is 15.0 Å². The summed E-state index contributed by atoms with van der Waals surface area (Å²) >= 11 is 6.48. The highest BCUT2D eigenvalue weighted by molar-refractivity contribution is 6.36. The second-order valence-electron chi connectivity index (χ2n) is 12.9. The van der Waals surface area contributed by atoms with Gasteiger partial charge in [0.05, 0.1) is 30.8 Å². The Bertz CT molecular complexity index is 1640. The van der Waals surface area contributed by atoms with Gasteiger partial charge in [0.1, 0.15) is 35.1 Å². The monoisotopic (exact) mass is 645 g/mol. The summed E-state index contributed by atoms with van der Waals surface area (Å²) in [6, 6.07) is 3.20. The third-order valence-corrected chi connectivity index (χ3v) is 7.36. The molecule has 1 fully saturated rings. The lowest BCUT2D eigenvalue weighted by Gasteiger charge is -2.40. The molecule has 242 valence electrons. The highest BCUT2D eigenvalue weighted by Crippen LogP contribution is 2.42. The van der Waals surface area contributed by atoms with E-state index in [2.05, 4.69) is 15.3 Å². The number of hydrogen-bond acceptors (Lipinski definition) is 10. The minimum absolute atomic E-state index is 0.146. The van der Waals surface area contributed by atoms with Crippen LogP contribution in [0.5, 0.6) is 5.88 Å². The molecule has 2 aliphatic rings. The van der Waals surface area contributed by atoms with Crippen LogP contribution in [0, 0.1) is 12.7 Å². The number of carbonyl (C=O) groups is 2. The van der Waals surface area contributed by atoms with Crippen molar-refractivity contribution in [3.05, 3.63) is 40.9 Å². The first kappa shape index (κ1) is 32.5. The SMILES string of the molecule is Cc1c(-c2cc3cc(NC(O)OC4CN(C(=O)OC(C)(C)C)C4)ncc3c(Cl)c2F)cnc2c1N(C(=O)OC(C)(C)C)CCO2. The van der Waals surface area contributed by atoms with Gasteiger partial charge in [0.15, 0.2) is 0 Å². The summed E-state index contributed by atoms with van der Waals surface area (Å²) in [5.41, 5.74) is 0.174. The number of hydrogen-bond donors (Lipinski definition) is 2. The topological polar surface area (TPSA) is 136 Å². The molecule has 3 aromatic rings. The normalized spacial score (nSPS) is 16.0. The van der Waals surface area contributed by atoms with Gasteiger partial charge in [-0.05, 0) is 71.5 Å². The molecule has 1 atom stereocenters. The molecular formula is C31H37ClFN5O7. The van der Waals surface area contributed by atoms with Crippen molar-refractivity contribution in [3.8, 4) is 17.0 Å². The standard InChI is InChI=1S/C31H37ClFN5O7/c1-16-20(12-35-26-25(16)38(8-9-42-26)29(41)45-31(5,6)7)19-10-17-11-22(34-13-21(17)23(32)24(19)33)36-27(39)43-18-14-37(15-18)28(40)44-30(2,3)4/h10-13,18,27,39H,8-9,14-15H2,1-7H3,(H,34,36). The van der Waals surface area contributed by atoms with Gasteiger partial charge in [-0.25, -0.2) is 23.9 Å². The maximum Gasteiger partial charge on any atom is 0.415 e. The van der Waals surface area contributed by atoms with Gasteiger partial charge in [-0.3, -0.25) is 4.90 Å². The van der Waals surface area contributed by atoms with E-state index >= 15 is 4.39 Å². The lowest BCUT2D eigenvalue weighted by atomic mass is 9.97. The summed E-state index contributed by atoms with van der Waals surface area (Å²) in [4.78, 5) is 36.7. The number of aliphatic hydroxyl groups is 1. The van der Waals surface area contributed by atoms with Gasteiger partial charge in [0.2, 0.25) is 12.3 Å². The van der Waals surface area contributed by atoms with Crippen molar-refractivity contribution in [2.45, 2.75) is 72.2 Å². The average Bonchev–Trinajstić information content (AvgIpc) is 2.90. The zero-order valence-electron chi connectivity index (χ0n) is 26.2. The number of likely N-dealkylation sites (tertiary alicyclic amines) is 1. The smallest absolute Gasteiger partial charge is 0.415 e. The fourth-order valence-corrected chi connectivity index (χ4v) is 5.22. The number of anilines is 2. The Kier molecular flexibility index (Phi) is 8.73. The van der Waals surface area contributed by atoms with Crippen LogP contribution in [0.25, 0.3) is 21.9 Å². The average molecular weight is 646 g/mol. The Balaban J connectivity index is 1.36. The molecule has 0 bridgehead atoms. The number of pyridine rings is 2. The quantitative estimate of drug-likeness (QED) is 0.325. The highest BCUT2D eigenvalue weighted by Gasteiger charge is 2.36. The molecule has 1 unspecified atom stereocenters. The number of amides is 2. The maximum absolute atomic E-state index is 15.7. The molecule has 2 N–H and O–H groups in total. The third-order valence-electron chi connectivity index (χ3n) is 6.99. The van der Waals surface area contributed by atoms with E-state index in [0.29, 0.717) is 27.6 Å². The van der Waals surface area contributed by atoms with Crippen LogP contribution in [0.1, 0.15) is 47.1 Å². The van der Waals surface area contributed by atoms with Crippen molar-refractivity contribution in [2.75, 3.05) is 36.5 Å². The van der Waals surface area contributed by atoms with Crippen molar-refractivity contribution < 1.29 is 38.0 Å². The van der Waals surface area contributed by atoms with Gasteiger partial charge >= 0.3 is 12.2 Å². The number of halogens is 2. The summed E-state index contributed by atoms with van der Waals surface area (Å²) in [5.74, 6) is -0.192. The van der Waals surface area contributed by atoms with E-state index in [-0.39, 0.29) is 48.5 Å². The Morgan fingerprint density at radius 3 is 2.40 bits per heavy atom. The molecule has 0 saturated carbocycles. The zero-order chi connectivity index (χ0) is 32.8. The van der Waals surface area contributed by atoms with Crippen molar-refractivity contribution in [2.24, 2.45) is 0 Å². The van der Waals surface area contributed by atoms with E-state index in [1.54, 1.807) is 60.6 Å². The number of nitrogens with zero attached hydrogens (tertiary/aromatic N) is 4. The van der Waals surface area contributed by atoms with Gasteiger partial charge in [-0.1, -0.05) is 11.6 Å². The molecule has 12 nitrogen and oxygen atoms in total. The van der Waals surface area contributed by atoms with Crippen LogP contribution in [0.2, 0.25) is 5.02 Å². The number of rotatable bonds is 5. The van der Waals surface area contributed by atoms with Crippen LogP contribution in [0.15, 0.2) is 24.5 Å². The first-order chi connectivity index (χ1) is 21.0. The highest BCUT2D eigenvalue weighted by atomic mass is 35.5. The number of aliphatic hydroxyl groups excluding tert-OH is 1. The third kappa shape index (κ3) is 7.15. The Hall–Kier alpha value is -3.94. The van der Waals surface area contributed by atoms with Crippen LogP contribution in [0.3, 0.4) is 0 Å². The number of aromatic nitrogens is 2. The fourth-order valence-electron chi connectivity index (χ4n) is 4.96. The van der Waals surface area contributed by atoms with E-state index in [4.69, 9.17) is 30.5 Å². The van der Waals surface area contributed by atoms with Gasteiger partial charge in [-0.2, -0.15) is 0 Å². The van der Waals surface area contributed by atoms with Crippen molar-refractivity contribution >= 4 is 46.1 Å². The predicted octanol–water partition coefficient (Wildman–Crippen LogP) is 5.86. The molecule has 2 amide bonds. The molecule has 2 aliphatic heterocycles. The molecule has 5 rings (SSSR count). The Morgan fingerprint density at radius 1 is 1.07 bits per heavy atom. The Morgan fingerprint density at radius 2 is 1.73 bits per heavy atom. The fraction of sp³-hybridized carbons (Fsp3) is 0.484. The lowest BCUT2D eigenvalue weighted by Crippen LogP contribution is -2.57. The molecule has 0 spiro atoms. The summed E-state index contributed by atoms with van der Waals surface area (Å²) in [6.45, 7) is 13.4. The molecule has 4 heterocycles. The van der Waals surface area contributed by atoms with Crippen molar-refractivity contribution in [1.29, 1.82) is 0 Å². The van der Waals surface area contributed by atoms with Crippen molar-refractivity contribution in [1.82, 2.24) is 14.9 Å². The van der Waals surface area contributed by atoms with E-state index in [0.717, 1.165) is 0 Å². The molecule has 0 radical (unpaired) electrons. The predicted molar refractivity (Wildman–Crippen MR) is 166 cm³/mol.